The van der Waals surface area contributed by atoms with Crippen molar-refractivity contribution in [1.82, 2.24) is 15.1 Å². The van der Waals surface area contributed by atoms with Gasteiger partial charge in [-0.25, -0.2) is 0 Å². The van der Waals surface area contributed by atoms with E-state index in [9.17, 15) is 4.79 Å². The van der Waals surface area contributed by atoms with E-state index >= 15 is 0 Å². The van der Waals surface area contributed by atoms with Gasteiger partial charge in [-0.3, -0.25) is 9.48 Å². The van der Waals surface area contributed by atoms with E-state index in [-0.39, 0.29) is 11.9 Å². The molecule has 17 heavy (non-hydrogen) atoms. The normalized spacial score (nSPS) is 12.2. The van der Waals surface area contributed by atoms with Gasteiger partial charge in [-0.15, -0.1) is 0 Å². The number of carbonyl (C=O) groups excluding carboxylic acids is 1. The highest BCUT2D eigenvalue weighted by atomic mass is 16.2. The quantitative estimate of drug-likeness (QED) is 0.708. The van der Waals surface area contributed by atoms with Crippen molar-refractivity contribution in [3.05, 3.63) is 12.4 Å². The molecule has 1 aromatic rings. The molecule has 1 unspecified atom stereocenters. The molecule has 0 aromatic carbocycles. The van der Waals surface area contributed by atoms with Crippen molar-refractivity contribution in [3.63, 3.8) is 0 Å². The number of hydrogen-bond donors (Lipinski definition) is 2. The smallest absolute Gasteiger partial charge is 0.242 e. The van der Waals surface area contributed by atoms with Gasteiger partial charge in [-0.05, 0) is 13.3 Å². The van der Waals surface area contributed by atoms with Crippen LogP contribution in [0.1, 0.15) is 33.1 Å². The molecule has 0 aliphatic carbocycles. The molecule has 1 aromatic heterocycles. The van der Waals surface area contributed by atoms with Crippen LogP contribution in [-0.4, -0.2) is 28.3 Å². The Morgan fingerprint density at radius 3 is 2.88 bits per heavy atom. The standard InChI is InChI=1S/C12H22N4O/c1-4-5-6-7-13-12(17)10(2)15-11-8-14-16(3)9-11/h8-10,15H,4-7H2,1-3H3,(H,13,17). The van der Waals surface area contributed by atoms with Gasteiger partial charge in [0.2, 0.25) is 5.91 Å². The SMILES string of the molecule is CCCCCNC(=O)C(C)Nc1cnn(C)c1. The molecule has 1 amide bonds. The monoisotopic (exact) mass is 238 g/mol. The third-order valence-corrected chi connectivity index (χ3v) is 2.56. The van der Waals surface area contributed by atoms with Crippen LogP contribution < -0.4 is 10.6 Å². The lowest BCUT2D eigenvalue weighted by molar-refractivity contribution is -0.121. The number of aryl methyl sites for hydroxylation is 1. The second-order valence-corrected chi connectivity index (χ2v) is 4.27. The van der Waals surface area contributed by atoms with E-state index in [4.69, 9.17) is 0 Å². The molecule has 1 rings (SSSR count). The molecule has 0 saturated carbocycles. The van der Waals surface area contributed by atoms with Crippen molar-refractivity contribution in [2.75, 3.05) is 11.9 Å². The summed E-state index contributed by atoms with van der Waals surface area (Å²) in [6.45, 7) is 4.75. The Labute approximate surface area is 103 Å². The van der Waals surface area contributed by atoms with Crippen LogP contribution in [0.3, 0.4) is 0 Å². The van der Waals surface area contributed by atoms with Crippen molar-refractivity contribution in [2.45, 2.75) is 39.2 Å². The molecule has 0 bridgehead atoms. The lowest BCUT2D eigenvalue weighted by atomic mass is 10.2. The van der Waals surface area contributed by atoms with Gasteiger partial charge in [0.1, 0.15) is 6.04 Å². The molecule has 1 atom stereocenters. The Bertz CT molecular complexity index is 348. The fourth-order valence-electron chi connectivity index (χ4n) is 1.55. The molecule has 0 radical (unpaired) electrons. The van der Waals surface area contributed by atoms with Crippen molar-refractivity contribution in [3.8, 4) is 0 Å². The first-order valence-electron chi connectivity index (χ1n) is 6.16. The minimum absolute atomic E-state index is 0.0324. The van der Waals surface area contributed by atoms with Crippen LogP contribution in [0.15, 0.2) is 12.4 Å². The molecule has 2 N–H and O–H groups in total. The molecular formula is C12H22N4O. The van der Waals surface area contributed by atoms with E-state index < -0.39 is 0 Å². The highest BCUT2D eigenvalue weighted by molar-refractivity contribution is 5.83. The first-order chi connectivity index (χ1) is 8.13. The van der Waals surface area contributed by atoms with Crippen LogP contribution in [0.25, 0.3) is 0 Å². The first-order valence-corrected chi connectivity index (χ1v) is 6.16. The Hall–Kier alpha value is -1.52. The molecule has 0 aliphatic rings. The molecule has 96 valence electrons. The van der Waals surface area contributed by atoms with Crippen LogP contribution in [0, 0.1) is 0 Å². The zero-order valence-corrected chi connectivity index (χ0v) is 10.9. The number of hydrogen-bond acceptors (Lipinski definition) is 3. The number of aromatic nitrogens is 2. The summed E-state index contributed by atoms with van der Waals surface area (Å²) in [6.07, 6.45) is 6.92. The third kappa shape index (κ3) is 4.89. The zero-order chi connectivity index (χ0) is 12.7. The number of carbonyl (C=O) groups is 1. The lowest BCUT2D eigenvalue weighted by Crippen LogP contribution is -2.37. The Morgan fingerprint density at radius 2 is 2.29 bits per heavy atom. The van der Waals surface area contributed by atoms with Gasteiger partial charge < -0.3 is 10.6 Å². The molecular weight excluding hydrogens is 216 g/mol. The average molecular weight is 238 g/mol. The summed E-state index contributed by atoms with van der Waals surface area (Å²) in [5, 5.41) is 10.1. The second-order valence-electron chi connectivity index (χ2n) is 4.27. The number of rotatable bonds is 7. The summed E-state index contributed by atoms with van der Waals surface area (Å²) in [4.78, 5) is 11.7. The van der Waals surface area contributed by atoms with Gasteiger partial charge in [0.25, 0.3) is 0 Å². The van der Waals surface area contributed by atoms with Crippen LogP contribution in [0.4, 0.5) is 5.69 Å². The van der Waals surface area contributed by atoms with E-state index in [1.165, 1.54) is 6.42 Å². The maximum atomic E-state index is 11.7. The van der Waals surface area contributed by atoms with Gasteiger partial charge in [-0.2, -0.15) is 5.10 Å². The van der Waals surface area contributed by atoms with Gasteiger partial charge in [0, 0.05) is 19.8 Å². The average Bonchev–Trinajstić information content (AvgIpc) is 2.70. The molecule has 5 heteroatoms. The zero-order valence-electron chi connectivity index (χ0n) is 10.9. The van der Waals surface area contributed by atoms with Gasteiger partial charge in [0.05, 0.1) is 11.9 Å². The Kier molecular flexibility index (Phi) is 5.52. The van der Waals surface area contributed by atoms with Crippen LogP contribution in [0.2, 0.25) is 0 Å². The summed E-state index contributed by atoms with van der Waals surface area (Å²) in [5.74, 6) is 0.0324. The highest BCUT2D eigenvalue weighted by Crippen LogP contribution is 2.05. The minimum atomic E-state index is -0.235. The fraction of sp³-hybridized carbons (Fsp3) is 0.667. The fourth-order valence-corrected chi connectivity index (χ4v) is 1.55. The minimum Gasteiger partial charge on any atom is -0.371 e. The highest BCUT2D eigenvalue weighted by Gasteiger charge is 2.12. The van der Waals surface area contributed by atoms with E-state index in [0.717, 1.165) is 25.1 Å². The number of nitrogens with zero attached hydrogens (tertiary/aromatic N) is 2. The van der Waals surface area contributed by atoms with Crippen LogP contribution >= 0.6 is 0 Å². The first kappa shape index (κ1) is 13.5. The van der Waals surface area contributed by atoms with E-state index in [1.807, 2.05) is 20.2 Å². The molecule has 0 fully saturated rings. The summed E-state index contributed by atoms with van der Waals surface area (Å²) >= 11 is 0. The molecule has 5 nitrogen and oxygen atoms in total. The van der Waals surface area contributed by atoms with Crippen molar-refractivity contribution >= 4 is 11.6 Å². The van der Waals surface area contributed by atoms with Gasteiger partial charge in [0.15, 0.2) is 0 Å². The Balaban J connectivity index is 2.27. The summed E-state index contributed by atoms with van der Waals surface area (Å²) in [7, 11) is 1.85. The summed E-state index contributed by atoms with van der Waals surface area (Å²) in [5.41, 5.74) is 0.865. The molecule has 0 saturated heterocycles. The van der Waals surface area contributed by atoms with Crippen molar-refractivity contribution < 1.29 is 4.79 Å². The molecule has 1 heterocycles. The summed E-state index contributed by atoms with van der Waals surface area (Å²) in [6, 6.07) is -0.235. The number of amides is 1. The van der Waals surface area contributed by atoms with Gasteiger partial charge >= 0.3 is 0 Å². The topological polar surface area (TPSA) is 59.0 Å². The number of nitrogens with one attached hydrogen (secondary N) is 2. The van der Waals surface area contributed by atoms with Crippen molar-refractivity contribution in [2.24, 2.45) is 7.05 Å². The number of anilines is 1. The summed E-state index contributed by atoms with van der Waals surface area (Å²) < 4.78 is 1.70. The predicted molar refractivity (Wildman–Crippen MR) is 68.8 cm³/mol. The lowest BCUT2D eigenvalue weighted by Gasteiger charge is -2.13. The van der Waals surface area contributed by atoms with E-state index in [2.05, 4.69) is 22.7 Å². The van der Waals surface area contributed by atoms with Crippen molar-refractivity contribution in [1.29, 1.82) is 0 Å². The number of unbranched alkanes of at least 4 members (excludes halogenated alkanes) is 2. The van der Waals surface area contributed by atoms with Crippen LogP contribution in [-0.2, 0) is 11.8 Å². The van der Waals surface area contributed by atoms with E-state index in [1.54, 1.807) is 10.9 Å². The molecule has 0 aliphatic heterocycles. The second kappa shape index (κ2) is 6.93. The predicted octanol–water partition coefficient (Wildman–Crippen LogP) is 1.53. The third-order valence-electron chi connectivity index (χ3n) is 2.56. The Morgan fingerprint density at radius 1 is 1.53 bits per heavy atom. The maximum Gasteiger partial charge on any atom is 0.242 e. The van der Waals surface area contributed by atoms with Gasteiger partial charge in [-0.1, -0.05) is 19.8 Å². The van der Waals surface area contributed by atoms with E-state index in [0.29, 0.717) is 0 Å². The van der Waals surface area contributed by atoms with Crippen LogP contribution in [0.5, 0.6) is 0 Å². The largest absolute Gasteiger partial charge is 0.371 e. The maximum absolute atomic E-state index is 11.7. The molecule has 0 spiro atoms.